The zero-order valence-electron chi connectivity index (χ0n) is 11.5. The fraction of sp³-hybridized carbons (Fsp3) is 0.308. The number of nitrogen functional groups attached to an aromatic ring is 1. The van der Waals surface area contributed by atoms with E-state index in [9.17, 15) is 4.79 Å². The van der Waals surface area contributed by atoms with Gasteiger partial charge in [-0.1, -0.05) is 0 Å². The molecular weight excluding hydrogens is 258 g/mol. The molecule has 0 aliphatic rings. The number of hydrogen-bond donors (Lipinski definition) is 2. The molecule has 7 heteroatoms. The minimum Gasteiger partial charge on any atom is -0.494 e. The molecule has 2 aromatic rings. The number of carbonyl (C=O) groups is 1. The second-order valence-electron chi connectivity index (χ2n) is 4.26. The molecule has 0 spiro atoms. The summed E-state index contributed by atoms with van der Waals surface area (Å²) in [4.78, 5) is 15.6. The summed E-state index contributed by atoms with van der Waals surface area (Å²) in [5, 5.41) is 6.67. The van der Waals surface area contributed by atoms with Crippen LogP contribution in [0.3, 0.4) is 0 Å². The SMILES string of the molecule is CCOc1ccc(NC(=O)Cn2cnc(N)n2)c(C)c1. The molecule has 0 saturated heterocycles. The average Bonchev–Trinajstić information content (AvgIpc) is 2.78. The van der Waals surface area contributed by atoms with E-state index in [-0.39, 0.29) is 18.4 Å². The van der Waals surface area contributed by atoms with Crippen molar-refractivity contribution in [2.75, 3.05) is 17.7 Å². The van der Waals surface area contributed by atoms with Crippen LogP contribution in [0.1, 0.15) is 12.5 Å². The van der Waals surface area contributed by atoms with Crippen LogP contribution in [-0.2, 0) is 11.3 Å². The van der Waals surface area contributed by atoms with Gasteiger partial charge in [0.2, 0.25) is 11.9 Å². The first-order valence-corrected chi connectivity index (χ1v) is 6.26. The zero-order valence-corrected chi connectivity index (χ0v) is 11.5. The van der Waals surface area contributed by atoms with Crippen LogP contribution >= 0.6 is 0 Å². The normalized spacial score (nSPS) is 10.3. The predicted octanol–water partition coefficient (Wildman–Crippen LogP) is 1.21. The second-order valence-corrected chi connectivity index (χ2v) is 4.26. The third-order valence-corrected chi connectivity index (χ3v) is 2.64. The summed E-state index contributed by atoms with van der Waals surface area (Å²) in [7, 11) is 0. The number of nitrogens with one attached hydrogen (secondary N) is 1. The number of rotatable bonds is 5. The Morgan fingerprint density at radius 1 is 1.50 bits per heavy atom. The van der Waals surface area contributed by atoms with E-state index in [2.05, 4.69) is 15.4 Å². The maximum absolute atomic E-state index is 11.9. The molecule has 0 unspecified atom stereocenters. The van der Waals surface area contributed by atoms with E-state index in [1.54, 1.807) is 0 Å². The summed E-state index contributed by atoms with van der Waals surface area (Å²) < 4.78 is 6.78. The van der Waals surface area contributed by atoms with Crippen LogP contribution in [0.5, 0.6) is 5.75 Å². The van der Waals surface area contributed by atoms with Crippen molar-refractivity contribution < 1.29 is 9.53 Å². The van der Waals surface area contributed by atoms with Crippen LogP contribution in [-0.4, -0.2) is 27.3 Å². The van der Waals surface area contributed by atoms with Gasteiger partial charge in [0.25, 0.3) is 0 Å². The van der Waals surface area contributed by atoms with Crippen molar-refractivity contribution in [3.8, 4) is 5.75 Å². The molecule has 106 valence electrons. The summed E-state index contributed by atoms with van der Waals surface area (Å²) in [6.07, 6.45) is 1.42. The van der Waals surface area contributed by atoms with Gasteiger partial charge in [0, 0.05) is 5.69 Å². The van der Waals surface area contributed by atoms with E-state index in [1.807, 2.05) is 32.0 Å². The predicted molar refractivity (Wildman–Crippen MR) is 75.4 cm³/mol. The molecule has 20 heavy (non-hydrogen) atoms. The van der Waals surface area contributed by atoms with E-state index < -0.39 is 0 Å². The molecule has 0 atom stereocenters. The van der Waals surface area contributed by atoms with Gasteiger partial charge in [-0.3, -0.25) is 4.79 Å². The summed E-state index contributed by atoms with van der Waals surface area (Å²) in [6, 6.07) is 5.51. The number of nitrogens with two attached hydrogens (primary N) is 1. The number of carbonyl (C=O) groups excluding carboxylic acids is 1. The number of benzene rings is 1. The summed E-state index contributed by atoms with van der Waals surface area (Å²) in [5.41, 5.74) is 7.06. The average molecular weight is 275 g/mol. The van der Waals surface area contributed by atoms with Crippen molar-refractivity contribution in [2.45, 2.75) is 20.4 Å². The van der Waals surface area contributed by atoms with Gasteiger partial charge in [0.05, 0.1) is 6.61 Å². The van der Waals surface area contributed by atoms with Gasteiger partial charge in [-0.25, -0.2) is 9.67 Å². The van der Waals surface area contributed by atoms with Crippen molar-refractivity contribution in [1.82, 2.24) is 14.8 Å². The molecule has 0 aliphatic carbocycles. The van der Waals surface area contributed by atoms with E-state index >= 15 is 0 Å². The Kier molecular flexibility index (Phi) is 4.19. The Labute approximate surface area is 116 Å². The molecule has 7 nitrogen and oxygen atoms in total. The lowest BCUT2D eigenvalue weighted by Gasteiger charge is -2.10. The number of ether oxygens (including phenoxy) is 1. The molecular formula is C13H17N5O2. The molecule has 1 aromatic heterocycles. The van der Waals surface area contributed by atoms with Crippen LogP contribution in [0.15, 0.2) is 24.5 Å². The molecule has 0 aliphatic heterocycles. The Bertz CT molecular complexity index is 609. The Morgan fingerprint density at radius 2 is 2.30 bits per heavy atom. The summed E-state index contributed by atoms with van der Waals surface area (Å²) in [5.74, 6) is 0.740. The maximum atomic E-state index is 11.9. The third-order valence-electron chi connectivity index (χ3n) is 2.64. The highest BCUT2D eigenvalue weighted by molar-refractivity contribution is 5.91. The highest BCUT2D eigenvalue weighted by Gasteiger charge is 2.07. The van der Waals surface area contributed by atoms with Crippen molar-refractivity contribution in [3.05, 3.63) is 30.1 Å². The smallest absolute Gasteiger partial charge is 0.246 e. The van der Waals surface area contributed by atoms with Gasteiger partial charge >= 0.3 is 0 Å². The summed E-state index contributed by atoms with van der Waals surface area (Å²) in [6.45, 7) is 4.51. The molecule has 0 bridgehead atoms. The first-order valence-electron chi connectivity index (χ1n) is 6.26. The van der Waals surface area contributed by atoms with E-state index in [4.69, 9.17) is 10.5 Å². The van der Waals surface area contributed by atoms with Gasteiger partial charge in [0.15, 0.2) is 0 Å². The minimum absolute atomic E-state index is 0.0663. The van der Waals surface area contributed by atoms with Crippen LogP contribution < -0.4 is 15.8 Å². The van der Waals surface area contributed by atoms with E-state index in [1.165, 1.54) is 11.0 Å². The van der Waals surface area contributed by atoms with Gasteiger partial charge in [-0.05, 0) is 37.6 Å². The molecule has 0 fully saturated rings. The number of hydrogen-bond acceptors (Lipinski definition) is 5. The number of aromatic nitrogens is 3. The minimum atomic E-state index is -0.192. The molecule has 0 radical (unpaired) electrons. The van der Waals surface area contributed by atoms with Crippen molar-refractivity contribution in [3.63, 3.8) is 0 Å². The number of anilines is 2. The summed E-state index contributed by atoms with van der Waals surface area (Å²) >= 11 is 0. The molecule has 0 saturated carbocycles. The Hall–Kier alpha value is -2.57. The zero-order chi connectivity index (χ0) is 14.5. The lowest BCUT2D eigenvalue weighted by atomic mass is 10.2. The highest BCUT2D eigenvalue weighted by Crippen LogP contribution is 2.21. The first kappa shape index (κ1) is 13.9. The molecule has 1 aromatic carbocycles. The fourth-order valence-electron chi connectivity index (χ4n) is 1.75. The fourth-order valence-corrected chi connectivity index (χ4v) is 1.75. The Balaban J connectivity index is 2.00. The van der Waals surface area contributed by atoms with Crippen LogP contribution in [0, 0.1) is 6.92 Å². The topological polar surface area (TPSA) is 95.1 Å². The van der Waals surface area contributed by atoms with Crippen LogP contribution in [0.4, 0.5) is 11.6 Å². The molecule has 3 N–H and O–H groups in total. The monoisotopic (exact) mass is 275 g/mol. The molecule has 1 amide bonds. The van der Waals surface area contributed by atoms with E-state index in [0.717, 1.165) is 17.0 Å². The number of nitrogens with zero attached hydrogens (tertiary/aromatic N) is 3. The molecule has 1 heterocycles. The largest absolute Gasteiger partial charge is 0.494 e. The maximum Gasteiger partial charge on any atom is 0.246 e. The third kappa shape index (κ3) is 3.47. The van der Waals surface area contributed by atoms with Crippen molar-refractivity contribution in [1.29, 1.82) is 0 Å². The van der Waals surface area contributed by atoms with Crippen LogP contribution in [0.2, 0.25) is 0 Å². The molecule has 2 rings (SSSR count). The van der Waals surface area contributed by atoms with Crippen LogP contribution in [0.25, 0.3) is 0 Å². The van der Waals surface area contributed by atoms with Crippen molar-refractivity contribution in [2.24, 2.45) is 0 Å². The standard InChI is InChI=1S/C13H17N5O2/c1-3-20-10-4-5-11(9(2)6-10)16-12(19)7-18-8-15-13(14)17-18/h4-6,8H,3,7H2,1-2H3,(H2,14,17)(H,16,19). The van der Waals surface area contributed by atoms with Gasteiger partial charge in [0.1, 0.15) is 18.6 Å². The second kappa shape index (κ2) is 6.05. The lowest BCUT2D eigenvalue weighted by molar-refractivity contribution is -0.116. The first-order chi connectivity index (χ1) is 9.58. The van der Waals surface area contributed by atoms with Gasteiger partial charge < -0.3 is 15.8 Å². The van der Waals surface area contributed by atoms with Crippen molar-refractivity contribution >= 4 is 17.5 Å². The van der Waals surface area contributed by atoms with Gasteiger partial charge in [-0.15, -0.1) is 5.10 Å². The van der Waals surface area contributed by atoms with E-state index in [0.29, 0.717) is 6.61 Å². The van der Waals surface area contributed by atoms with Gasteiger partial charge in [-0.2, -0.15) is 0 Å². The highest BCUT2D eigenvalue weighted by atomic mass is 16.5. The quantitative estimate of drug-likeness (QED) is 0.855. The number of aryl methyl sites for hydroxylation is 1. The lowest BCUT2D eigenvalue weighted by Crippen LogP contribution is -2.19. The Morgan fingerprint density at radius 3 is 2.90 bits per heavy atom. The number of amides is 1.